The Bertz CT molecular complexity index is 541. The first-order valence-electron chi connectivity index (χ1n) is 6.42. The number of hydrazine groups is 1. The number of hydrogen-bond acceptors (Lipinski definition) is 3. The molecule has 3 atom stereocenters. The number of pyridine rings is 1. The van der Waals surface area contributed by atoms with Crippen LogP contribution in [0.25, 0.3) is 0 Å². The van der Waals surface area contributed by atoms with Gasteiger partial charge in [-0.1, -0.05) is 30.3 Å². The quantitative estimate of drug-likeness (QED) is 0.653. The van der Waals surface area contributed by atoms with Crippen molar-refractivity contribution >= 4 is 0 Å². The molecule has 0 spiro atoms. The van der Waals surface area contributed by atoms with Crippen molar-refractivity contribution in [2.75, 3.05) is 0 Å². The third-order valence-electron chi connectivity index (χ3n) is 3.74. The molecular formula is C15H16FN3. The molecule has 1 fully saturated rings. The first-order valence-corrected chi connectivity index (χ1v) is 6.42. The van der Waals surface area contributed by atoms with Crippen molar-refractivity contribution in [1.82, 2.24) is 10.4 Å². The van der Waals surface area contributed by atoms with Gasteiger partial charge in [0.2, 0.25) is 0 Å². The van der Waals surface area contributed by atoms with E-state index in [0.717, 1.165) is 12.1 Å². The summed E-state index contributed by atoms with van der Waals surface area (Å²) < 4.78 is 12.9. The lowest BCUT2D eigenvalue weighted by Crippen LogP contribution is -2.30. The highest BCUT2D eigenvalue weighted by molar-refractivity contribution is 5.28. The number of hydrogen-bond donors (Lipinski definition) is 2. The van der Waals surface area contributed by atoms with Gasteiger partial charge in [-0.2, -0.15) is 0 Å². The Morgan fingerprint density at radius 2 is 2.00 bits per heavy atom. The van der Waals surface area contributed by atoms with Gasteiger partial charge in [-0.3, -0.25) is 16.3 Å². The van der Waals surface area contributed by atoms with Crippen LogP contribution < -0.4 is 11.3 Å². The predicted molar refractivity (Wildman–Crippen MR) is 71.5 cm³/mol. The standard InChI is InChI=1S/C15H16FN3/c16-11-6-7-14(18-9-11)15(19-17)13-8-12(13)10-4-2-1-3-5-10/h1-7,9,12-13,15,19H,8,17H2. The smallest absolute Gasteiger partial charge is 0.141 e. The Hall–Kier alpha value is -1.78. The SMILES string of the molecule is NNC(c1ccc(F)cn1)C1CC1c1ccccc1. The summed E-state index contributed by atoms with van der Waals surface area (Å²) in [4.78, 5) is 4.12. The van der Waals surface area contributed by atoms with Crippen molar-refractivity contribution in [1.29, 1.82) is 0 Å². The molecule has 1 saturated carbocycles. The topological polar surface area (TPSA) is 50.9 Å². The maximum atomic E-state index is 12.9. The number of rotatable bonds is 4. The molecule has 1 aliphatic carbocycles. The summed E-state index contributed by atoms with van der Waals surface area (Å²) in [6, 6.07) is 13.5. The van der Waals surface area contributed by atoms with E-state index in [1.165, 1.54) is 17.8 Å². The second kappa shape index (κ2) is 5.07. The van der Waals surface area contributed by atoms with E-state index >= 15 is 0 Å². The van der Waals surface area contributed by atoms with Gasteiger partial charge < -0.3 is 0 Å². The minimum atomic E-state index is -0.324. The number of aromatic nitrogens is 1. The molecule has 98 valence electrons. The van der Waals surface area contributed by atoms with Crippen molar-refractivity contribution in [2.45, 2.75) is 18.4 Å². The van der Waals surface area contributed by atoms with Crippen LogP contribution in [0.5, 0.6) is 0 Å². The molecule has 3 unspecified atom stereocenters. The Morgan fingerprint density at radius 1 is 1.21 bits per heavy atom. The molecule has 1 aromatic heterocycles. The summed E-state index contributed by atoms with van der Waals surface area (Å²) >= 11 is 0. The van der Waals surface area contributed by atoms with Crippen molar-refractivity contribution in [2.24, 2.45) is 11.8 Å². The van der Waals surface area contributed by atoms with Crippen LogP contribution in [-0.4, -0.2) is 4.98 Å². The van der Waals surface area contributed by atoms with Crippen LogP contribution in [0.15, 0.2) is 48.7 Å². The summed E-state index contributed by atoms with van der Waals surface area (Å²) in [5.41, 5.74) is 4.94. The third kappa shape index (κ3) is 2.50. The third-order valence-corrected chi connectivity index (χ3v) is 3.74. The van der Waals surface area contributed by atoms with E-state index in [9.17, 15) is 4.39 Å². The molecule has 2 aromatic rings. The molecule has 3 rings (SSSR count). The minimum Gasteiger partial charge on any atom is -0.271 e. The van der Waals surface area contributed by atoms with Crippen LogP contribution in [0.1, 0.15) is 29.6 Å². The van der Waals surface area contributed by atoms with Gasteiger partial charge in [0.05, 0.1) is 17.9 Å². The molecule has 0 amide bonds. The van der Waals surface area contributed by atoms with E-state index in [2.05, 4.69) is 22.5 Å². The first-order chi connectivity index (χ1) is 9.29. The number of halogens is 1. The van der Waals surface area contributed by atoms with Gasteiger partial charge in [-0.15, -0.1) is 0 Å². The highest BCUT2D eigenvalue weighted by Gasteiger charge is 2.44. The highest BCUT2D eigenvalue weighted by atomic mass is 19.1. The van der Waals surface area contributed by atoms with E-state index in [1.54, 1.807) is 6.07 Å². The summed E-state index contributed by atoms with van der Waals surface area (Å²) in [5.74, 6) is 6.25. The van der Waals surface area contributed by atoms with Crippen LogP contribution >= 0.6 is 0 Å². The van der Waals surface area contributed by atoms with Crippen LogP contribution in [0.2, 0.25) is 0 Å². The van der Waals surface area contributed by atoms with E-state index in [4.69, 9.17) is 5.84 Å². The van der Waals surface area contributed by atoms with Crippen LogP contribution in [-0.2, 0) is 0 Å². The van der Waals surface area contributed by atoms with E-state index in [-0.39, 0.29) is 11.9 Å². The lowest BCUT2D eigenvalue weighted by molar-refractivity contribution is 0.474. The second-order valence-electron chi connectivity index (χ2n) is 4.96. The van der Waals surface area contributed by atoms with Crippen molar-refractivity contribution < 1.29 is 4.39 Å². The zero-order valence-electron chi connectivity index (χ0n) is 10.5. The predicted octanol–water partition coefficient (Wildman–Crippen LogP) is 2.53. The molecule has 0 aliphatic heterocycles. The number of nitrogens with zero attached hydrogens (tertiary/aromatic N) is 1. The average Bonchev–Trinajstić information content (AvgIpc) is 3.23. The zero-order valence-corrected chi connectivity index (χ0v) is 10.5. The van der Waals surface area contributed by atoms with E-state index in [1.807, 2.05) is 18.2 Å². The summed E-state index contributed by atoms with van der Waals surface area (Å²) in [6.45, 7) is 0. The number of benzene rings is 1. The van der Waals surface area contributed by atoms with E-state index < -0.39 is 0 Å². The number of nitrogens with two attached hydrogens (primary N) is 1. The molecule has 3 nitrogen and oxygen atoms in total. The minimum absolute atomic E-state index is 0.0224. The van der Waals surface area contributed by atoms with Gasteiger partial charge in [-0.25, -0.2) is 4.39 Å². The molecule has 0 radical (unpaired) electrons. The lowest BCUT2D eigenvalue weighted by Gasteiger charge is -2.15. The molecule has 1 aromatic carbocycles. The molecular weight excluding hydrogens is 241 g/mol. The molecule has 19 heavy (non-hydrogen) atoms. The first kappa shape index (κ1) is 12.3. The molecule has 4 heteroatoms. The lowest BCUT2D eigenvalue weighted by atomic mass is 10.0. The van der Waals surface area contributed by atoms with Crippen LogP contribution in [0, 0.1) is 11.7 Å². The van der Waals surface area contributed by atoms with Gasteiger partial charge in [-0.05, 0) is 36.0 Å². The maximum absolute atomic E-state index is 12.9. The fraction of sp³-hybridized carbons (Fsp3) is 0.267. The Labute approximate surface area is 111 Å². The van der Waals surface area contributed by atoms with Crippen molar-refractivity contribution in [3.63, 3.8) is 0 Å². The second-order valence-corrected chi connectivity index (χ2v) is 4.96. The van der Waals surface area contributed by atoms with Gasteiger partial charge in [0.15, 0.2) is 0 Å². The summed E-state index contributed by atoms with van der Waals surface area (Å²) in [6.07, 6.45) is 2.32. The van der Waals surface area contributed by atoms with Gasteiger partial charge in [0.1, 0.15) is 5.82 Å². The average molecular weight is 257 g/mol. The fourth-order valence-electron chi connectivity index (χ4n) is 2.67. The Morgan fingerprint density at radius 3 is 2.63 bits per heavy atom. The molecule has 0 bridgehead atoms. The molecule has 0 saturated heterocycles. The van der Waals surface area contributed by atoms with Crippen molar-refractivity contribution in [3.8, 4) is 0 Å². The largest absolute Gasteiger partial charge is 0.271 e. The normalized spacial score (nSPS) is 23.1. The number of nitrogens with one attached hydrogen (secondary N) is 1. The van der Waals surface area contributed by atoms with Gasteiger partial charge >= 0.3 is 0 Å². The summed E-state index contributed by atoms with van der Waals surface area (Å²) in [7, 11) is 0. The van der Waals surface area contributed by atoms with Crippen LogP contribution in [0.3, 0.4) is 0 Å². The zero-order chi connectivity index (χ0) is 13.2. The van der Waals surface area contributed by atoms with Gasteiger partial charge in [0, 0.05) is 0 Å². The molecule has 3 N–H and O–H groups in total. The van der Waals surface area contributed by atoms with Crippen LogP contribution in [0.4, 0.5) is 4.39 Å². The maximum Gasteiger partial charge on any atom is 0.141 e. The Kier molecular flexibility index (Phi) is 3.27. The van der Waals surface area contributed by atoms with Gasteiger partial charge in [0.25, 0.3) is 0 Å². The van der Waals surface area contributed by atoms with E-state index in [0.29, 0.717) is 11.8 Å². The highest BCUT2D eigenvalue weighted by Crippen LogP contribution is 2.53. The Balaban J connectivity index is 1.77. The molecule has 1 heterocycles. The molecule has 1 aliphatic rings. The summed E-state index contributed by atoms with van der Waals surface area (Å²) in [5, 5.41) is 0. The fourth-order valence-corrected chi connectivity index (χ4v) is 2.67. The monoisotopic (exact) mass is 257 g/mol. The van der Waals surface area contributed by atoms with Crippen molar-refractivity contribution in [3.05, 3.63) is 65.7 Å².